The quantitative estimate of drug-likeness (QED) is 0.522. The van der Waals surface area contributed by atoms with Gasteiger partial charge in [-0.05, 0) is 18.3 Å². The molecule has 0 radical (unpaired) electrons. The van der Waals surface area contributed by atoms with Crippen molar-refractivity contribution in [1.29, 1.82) is 0 Å². The number of rotatable bonds is 4. The Balaban J connectivity index is 3.70. The molecule has 2 unspecified atom stereocenters. The molecule has 58 valence electrons. The Bertz CT molecular complexity index is 111. The highest BCUT2D eigenvalue weighted by atomic mass is 14.1. The van der Waals surface area contributed by atoms with Crippen LogP contribution in [0.3, 0.4) is 0 Å². The highest BCUT2D eigenvalue weighted by Crippen LogP contribution is 2.12. The first kappa shape index (κ1) is 9.48. The van der Waals surface area contributed by atoms with Crippen LogP contribution in [-0.2, 0) is 0 Å². The van der Waals surface area contributed by atoms with E-state index in [1.807, 2.05) is 6.08 Å². The van der Waals surface area contributed by atoms with Gasteiger partial charge in [-0.15, -0.1) is 6.58 Å². The highest BCUT2D eigenvalue weighted by Gasteiger charge is 2.02. The van der Waals surface area contributed by atoms with Crippen molar-refractivity contribution in [2.24, 2.45) is 11.8 Å². The Kier molecular flexibility index (Phi) is 5.00. The molecule has 0 amide bonds. The van der Waals surface area contributed by atoms with Gasteiger partial charge in [0.15, 0.2) is 0 Å². The summed E-state index contributed by atoms with van der Waals surface area (Å²) >= 11 is 0. The summed E-state index contributed by atoms with van der Waals surface area (Å²) in [5, 5.41) is 0. The number of hydrogen-bond donors (Lipinski definition) is 0. The minimum Gasteiger partial charge on any atom is -0.103 e. The van der Waals surface area contributed by atoms with E-state index in [0.29, 0.717) is 11.8 Å². The van der Waals surface area contributed by atoms with Gasteiger partial charge in [0.2, 0.25) is 0 Å². The van der Waals surface area contributed by atoms with E-state index < -0.39 is 0 Å². The molecule has 0 heterocycles. The van der Waals surface area contributed by atoms with E-state index in [9.17, 15) is 0 Å². The van der Waals surface area contributed by atoms with Crippen LogP contribution in [0.1, 0.15) is 27.2 Å². The van der Waals surface area contributed by atoms with Crippen molar-refractivity contribution in [1.82, 2.24) is 0 Å². The lowest BCUT2D eigenvalue weighted by Gasteiger charge is -2.10. The summed E-state index contributed by atoms with van der Waals surface area (Å²) in [7, 11) is 0. The smallest absolute Gasteiger partial charge is 0.0202 e. The van der Waals surface area contributed by atoms with Crippen LogP contribution in [0.5, 0.6) is 0 Å². The van der Waals surface area contributed by atoms with E-state index in [-0.39, 0.29) is 0 Å². The van der Waals surface area contributed by atoms with Crippen LogP contribution in [-0.4, -0.2) is 0 Å². The largest absolute Gasteiger partial charge is 0.103 e. The highest BCUT2D eigenvalue weighted by molar-refractivity contribution is 4.92. The van der Waals surface area contributed by atoms with Crippen LogP contribution < -0.4 is 0 Å². The third-order valence-electron chi connectivity index (χ3n) is 1.88. The minimum absolute atomic E-state index is 0.600. The van der Waals surface area contributed by atoms with Gasteiger partial charge in [0, 0.05) is 0 Å². The molecule has 2 atom stereocenters. The van der Waals surface area contributed by atoms with Crippen molar-refractivity contribution in [2.45, 2.75) is 27.2 Å². The summed E-state index contributed by atoms with van der Waals surface area (Å²) in [6.07, 6.45) is 7.61. The van der Waals surface area contributed by atoms with Gasteiger partial charge in [0.05, 0.1) is 0 Å². The fourth-order valence-corrected chi connectivity index (χ4v) is 0.741. The number of hydrogen-bond acceptors (Lipinski definition) is 0. The number of allylic oxidation sites excluding steroid dienone is 3. The van der Waals surface area contributed by atoms with Crippen LogP contribution in [0.4, 0.5) is 0 Å². The SMILES string of the molecule is C=CC(C)C(C)C=CCC. The first-order chi connectivity index (χ1) is 4.72. The van der Waals surface area contributed by atoms with Crippen LogP contribution in [0.25, 0.3) is 0 Å². The monoisotopic (exact) mass is 138 g/mol. The van der Waals surface area contributed by atoms with E-state index in [4.69, 9.17) is 0 Å². The maximum atomic E-state index is 3.76. The van der Waals surface area contributed by atoms with E-state index in [1.54, 1.807) is 0 Å². The molecule has 0 heteroatoms. The summed E-state index contributed by atoms with van der Waals surface area (Å²) in [4.78, 5) is 0. The fourth-order valence-electron chi connectivity index (χ4n) is 0.741. The normalized spacial score (nSPS) is 17.1. The minimum atomic E-state index is 0.600. The van der Waals surface area contributed by atoms with E-state index in [2.05, 4.69) is 39.5 Å². The lowest BCUT2D eigenvalue weighted by atomic mass is 9.96. The maximum absolute atomic E-state index is 3.76. The third-order valence-corrected chi connectivity index (χ3v) is 1.88. The molecule has 0 saturated carbocycles. The molecule has 10 heavy (non-hydrogen) atoms. The van der Waals surface area contributed by atoms with Gasteiger partial charge in [-0.25, -0.2) is 0 Å². The van der Waals surface area contributed by atoms with Gasteiger partial charge < -0.3 is 0 Å². The second-order valence-corrected chi connectivity index (χ2v) is 2.79. The van der Waals surface area contributed by atoms with Gasteiger partial charge in [-0.2, -0.15) is 0 Å². The Morgan fingerprint density at radius 1 is 1.30 bits per heavy atom. The molecule has 0 nitrogen and oxygen atoms in total. The lowest BCUT2D eigenvalue weighted by Crippen LogP contribution is -2.00. The van der Waals surface area contributed by atoms with Crippen LogP contribution in [0.2, 0.25) is 0 Å². The molecule has 0 aromatic heterocycles. The molecule has 0 saturated heterocycles. The zero-order valence-electron chi connectivity index (χ0n) is 7.30. The molecule has 0 bridgehead atoms. The Labute approximate surface area is 64.6 Å². The Morgan fingerprint density at radius 2 is 1.90 bits per heavy atom. The first-order valence-corrected chi connectivity index (χ1v) is 4.01. The second-order valence-electron chi connectivity index (χ2n) is 2.79. The van der Waals surface area contributed by atoms with Crippen molar-refractivity contribution < 1.29 is 0 Å². The summed E-state index contributed by atoms with van der Waals surface area (Å²) in [5.41, 5.74) is 0. The van der Waals surface area contributed by atoms with Gasteiger partial charge in [0.25, 0.3) is 0 Å². The first-order valence-electron chi connectivity index (χ1n) is 4.01. The topological polar surface area (TPSA) is 0 Å². The molecular formula is C10H18. The van der Waals surface area contributed by atoms with Crippen molar-refractivity contribution in [2.75, 3.05) is 0 Å². The fraction of sp³-hybridized carbons (Fsp3) is 0.600. The van der Waals surface area contributed by atoms with Crippen LogP contribution >= 0.6 is 0 Å². The van der Waals surface area contributed by atoms with Crippen molar-refractivity contribution in [3.63, 3.8) is 0 Å². The standard InChI is InChI=1S/C10H18/c1-5-7-8-10(4)9(3)6-2/h6-10H,2,5H2,1,3-4H3. The van der Waals surface area contributed by atoms with Crippen molar-refractivity contribution in [3.05, 3.63) is 24.8 Å². The van der Waals surface area contributed by atoms with E-state index >= 15 is 0 Å². The van der Waals surface area contributed by atoms with Crippen molar-refractivity contribution >= 4 is 0 Å². The second kappa shape index (κ2) is 5.28. The molecule has 0 aromatic rings. The average Bonchev–Trinajstić information content (AvgIpc) is 1.98. The van der Waals surface area contributed by atoms with Gasteiger partial charge in [-0.3, -0.25) is 0 Å². The molecule has 0 spiro atoms. The van der Waals surface area contributed by atoms with Crippen LogP contribution in [0, 0.1) is 11.8 Å². The van der Waals surface area contributed by atoms with E-state index in [1.165, 1.54) is 0 Å². The summed E-state index contributed by atoms with van der Waals surface area (Å²) < 4.78 is 0. The summed E-state index contributed by atoms with van der Waals surface area (Å²) in [6, 6.07) is 0. The summed E-state index contributed by atoms with van der Waals surface area (Å²) in [5.74, 6) is 1.24. The Hall–Kier alpha value is -0.520. The van der Waals surface area contributed by atoms with Gasteiger partial charge in [0.1, 0.15) is 0 Å². The predicted octanol–water partition coefficient (Wildman–Crippen LogP) is 3.41. The average molecular weight is 138 g/mol. The van der Waals surface area contributed by atoms with Gasteiger partial charge >= 0.3 is 0 Å². The third kappa shape index (κ3) is 3.49. The zero-order valence-corrected chi connectivity index (χ0v) is 7.30. The molecule has 0 fully saturated rings. The predicted molar refractivity (Wildman–Crippen MR) is 48.0 cm³/mol. The molecule has 0 aromatic carbocycles. The zero-order chi connectivity index (χ0) is 7.98. The maximum Gasteiger partial charge on any atom is -0.0202 e. The molecule has 0 aliphatic heterocycles. The van der Waals surface area contributed by atoms with Crippen molar-refractivity contribution in [3.8, 4) is 0 Å². The molecule has 0 N–H and O–H groups in total. The summed E-state index contributed by atoms with van der Waals surface area (Å²) in [6.45, 7) is 10.3. The molecule has 0 rings (SSSR count). The molecule has 0 aliphatic rings. The van der Waals surface area contributed by atoms with Gasteiger partial charge in [-0.1, -0.05) is 39.0 Å². The Morgan fingerprint density at radius 3 is 2.30 bits per heavy atom. The molecular weight excluding hydrogens is 120 g/mol. The molecule has 0 aliphatic carbocycles. The lowest BCUT2D eigenvalue weighted by molar-refractivity contribution is 0.558. The van der Waals surface area contributed by atoms with E-state index in [0.717, 1.165) is 6.42 Å². The van der Waals surface area contributed by atoms with Crippen LogP contribution in [0.15, 0.2) is 24.8 Å².